The number of halogens is 4. The Morgan fingerprint density at radius 3 is 1.74 bits per heavy atom. The Morgan fingerprint density at radius 2 is 1.24 bits per heavy atom. The Labute approximate surface area is 335 Å². The number of hydrogen-bond acceptors (Lipinski definition) is 6. The van der Waals surface area contributed by atoms with Crippen LogP contribution in [0.3, 0.4) is 0 Å². The van der Waals surface area contributed by atoms with Crippen molar-refractivity contribution >= 4 is 45.4 Å². The van der Waals surface area contributed by atoms with Crippen LogP contribution in [0.25, 0.3) is 33.2 Å². The minimum atomic E-state index is -1.34. The highest BCUT2D eigenvalue weighted by Crippen LogP contribution is 2.40. The van der Waals surface area contributed by atoms with Gasteiger partial charge in [0.25, 0.3) is 0 Å². The van der Waals surface area contributed by atoms with Gasteiger partial charge in [-0.3, -0.25) is 19.2 Å². The van der Waals surface area contributed by atoms with E-state index < -0.39 is 72.0 Å². The number of hydrogen-bond donors (Lipinski definition) is 6. The number of alkyl halides is 2. The van der Waals surface area contributed by atoms with Crippen LogP contribution >= 0.6 is 0 Å². The second kappa shape index (κ2) is 17.9. The number of fused-ring (bicyclic) bond motifs is 2. The summed E-state index contributed by atoms with van der Waals surface area (Å²) in [7, 11) is 3.26. The van der Waals surface area contributed by atoms with E-state index in [1.54, 1.807) is 60.0 Å². The summed E-state index contributed by atoms with van der Waals surface area (Å²) < 4.78 is 61.1. The van der Waals surface area contributed by atoms with Crippen molar-refractivity contribution in [3.8, 4) is 11.4 Å². The van der Waals surface area contributed by atoms with E-state index in [4.69, 9.17) is 0 Å². The Hall–Kier alpha value is -4.96. The number of rotatable bonds is 15. The third-order valence-electron chi connectivity index (χ3n) is 11.9. The largest absolute Gasteiger partial charge is 0.353 e. The van der Waals surface area contributed by atoms with Crippen LogP contribution in [0.15, 0.2) is 36.4 Å². The predicted octanol–water partition coefficient (Wildman–Crippen LogP) is 4.56. The van der Waals surface area contributed by atoms with Crippen molar-refractivity contribution in [3.05, 3.63) is 59.2 Å². The molecule has 16 heteroatoms. The molecule has 6 N–H and O–H groups in total. The first-order valence-electron chi connectivity index (χ1n) is 20.1. The fourth-order valence-electron chi connectivity index (χ4n) is 8.37. The van der Waals surface area contributed by atoms with Gasteiger partial charge in [0.15, 0.2) is 0 Å². The van der Waals surface area contributed by atoms with Crippen molar-refractivity contribution in [2.45, 2.75) is 115 Å². The van der Waals surface area contributed by atoms with Crippen LogP contribution in [-0.4, -0.2) is 119 Å². The Bertz CT molecular complexity index is 2160. The zero-order chi connectivity index (χ0) is 42.0. The molecule has 12 nitrogen and oxygen atoms in total. The van der Waals surface area contributed by atoms with E-state index in [0.717, 1.165) is 0 Å². The fraction of sp³-hybridized carbons (Fsp3) is 0.524. The molecule has 314 valence electrons. The molecule has 2 saturated heterocycles. The van der Waals surface area contributed by atoms with E-state index in [9.17, 15) is 23.6 Å². The van der Waals surface area contributed by atoms with Gasteiger partial charge in [0.2, 0.25) is 23.6 Å². The monoisotopic (exact) mass is 810 g/mol. The van der Waals surface area contributed by atoms with Crippen molar-refractivity contribution in [1.29, 1.82) is 0 Å². The zero-order valence-electron chi connectivity index (χ0n) is 33.8. The summed E-state index contributed by atoms with van der Waals surface area (Å²) in [5.41, 5.74) is 2.68. The molecule has 2 aliphatic heterocycles. The molecule has 4 amide bonds. The molecular formula is C42H54F4N8O4. The molecule has 4 heterocycles. The number of aromatic amines is 2. The van der Waals surface area contributed by atoms with Crippen molar-refractivity contribution < 1.29 is 36.7 Å². The summed E-state index contributed by atoms with van der Waals surface area (Å²) in [6.07, 6.45) is -1.85. The molecule has 2 fully saturated rings. The summed E-state index contributed by atoms with van der Waals surface area (Å²) in [5.74, 6) is -2.63. The maximum Gasteiger partial charge on any atom is 0.245 e. The summed E-state index contributed by atoms with van der Waals surface area (Å²) in [4.78, 5) is 63.0. The van der Waals surface area contributed by atoms with Crippen LogP contribution in [0.4, 0.5) is 17.6 Å². The van der Waals surface area contributed by atoms with Crippen molar-refractivity contribution in [2.24, 2.45) is 0 Å². The number of nitrogens with one attached hydrogen (secondary N) is 6. The van der Waals surface area contributed by atoms with E-state index in [1.165, 1.54) is 28.0 Å². The number of likely N-dealkylation sites (N-methyl/N-ethyl adjacent to an activating group) is 2. The van der Waals surface area contributed by atoms with Gasteiger partial charge in [0.1, 0.15) is 36.1 Å². The first-order chi connectivity index (χ1) is 27.7. The van der Waals surface area contributed by atoms with E-state index in [1.807, 2.05) is 0 Å². The minimum Gasteiger partial charge on any atom is -0.353 e. The van der Waals surface area contributed by atoms with Gasteiger partial charge in [-0.25, -0.2) is 17.6 Å². The second-order valence-corrected chi connectivity index (χ2v) is 15.6. The number of benzene rings is 2. The summed E-state index contributed by atoms with van der Waals surface area (Å²) in [6.45, 7) is 6.51. The lowest BCUT2D eigenvalue weighted by Gasteiger charge is -2.30. The van der Waals surface area contributed by atoms with Gasteiger partial charge in [0, 0.05) is 41.2 Å². The second-order valence-electron chi connectivity index (χ2n) is 15.6. The first kappa shape index (κ1) is 42.6. The highest BCUT2D eigenvalue weighted by Gasteiger charge is 2.41. The lowest BCUT2D eigenvalue weighted by molar-refractivity contribution is -0.137. The molecule has 58 heavy (non-hydrogen) atoms. The standard InChI is InChI=1S/C42H54F4N8O4/c1-7-33(50-39(55)21(3)47-5)41(57)53-19-24(44)14-26(53)17-30-28-13-12-23(43)16-35(28)49-37(30)38-31(29-10-9-11-32(46)36(29)52-38)18-27-15-25(45)20-54(27)42(58)34(8-2)51-40(56)22(4)48-6/h9-13,16,21-22,24-27,33-34,47-49,52H,7-8,14-15,17-20H2,1-6H3,(H,50,55)(H,51,56)/t21-,22-,24-,25-,26-,27-,33-,34-/m0/s1. The van der Waals surface area contributed by atoms with Crippen LogP contribution in [0.1, 0.15) is 64.5 Å². The molecule has 0 spiro atoms. The predicted molar refractivity (Wildman–Crippen MR) is 214 cm³/mol. The Kier molecular flexibility index (Phi) is 13.2. The van der Waals surface area contributed by atoms with E-state index in [0.29, 0.717) is 38.8 Å². The van der Waals surface area contributed by atoms with Crippen LogP contribution in [0.2, 0.25) is 0 Å². The molecule has 2 aromatic carbocycles. The van der Waals surface area contributed by atoms with Gasteiger partial charge in [0.05, 0.1) is 42.1 Å². The molecule has 0 unspecified atom stereocenters. The fourth-order valence-corrected chi connectivity index (χ4v) is 8.37. The maximum absolute atomic E-state index is 15.6. The Morgan fingerprint density at radius 1 is 0.741 bits per heavy atom. The Balaban J connectivity index is 1.40. The summed E-state index contributed by atoms with van der Waals surface area (Å²) in [6, 6.07) is 4.63. The van der Waals surface area contributed by atoms with Gasteiger partial charge >= 0.3 is 0 Å². The van der Waals surface area contributed by atoms with Gasteiger partial charge in [-0.15, -0.1) is 0 Å². The molecule has 2 aromatic heterocycles. The van der Waals surface area contributed by atoms with E-state index in [-0.39, 0.29) is 68.9 Å². The molecular weight excluding hydrogens is 757 g/mol. The molecule has 6 rings (SSSR count). The van der Waals surface area contributed by atoms with Crippen molar-refractivity contribution in [3.63, 3.8) is 0 Å². The average molecular weight is 811 g/mol. The summed E-state index contributed by atoms with van der Waals surface area (Å²) >= 11 is 0. The third kappa shape index (κ3) is 8.58. The number of para-hydroxylation sites is 1. The quantitative estimate of drug-likeness (QED) is 0.0969. The maximum atomic E-state index is 15.6. The van der Waals surface area contributed by atoms with Gasteiger partial charge < -0.3 is 41.0 Å². The van der Waals surface area contributed by atoms with Crippen LogP contribution in [0.5, 0.6) is 0 Å². The van der Waals surface area contributed by atoms with Gasteiger partial charge in [-0.2, -0.15) is 0 Å². The molecule has 0 aliphatic carbocycles. The minimum absolute atomic E-state index is 0.00843. The third-order valence-corrected chi connectivity index (χ3v) is 11.9. The number of H-pyrrole nitrogens is 2. The highest BCUT2D eigenvalue weighted by atomic mass is 19.1. The van der Waals surface area contributed by atoms with Crippen molar-refractivity contribution in [1.82, 2.24) is 41.0 Å². The first-order valence-corrected chi connectivity index (χ1v) is 20.1. The molecule has 4 aromatic rings. The van der Waals surface area contributed by atoms with Crippen LogP contribution in [-0.2, 0) is 32.0 Å². The molecule has 0 saturated carbocycles. The SMILES string of the molecule is CC[C@H](NC(=O)[C@H](C)NC)C(=O)N1C[C@@H](F)C[C@H]1Cc1c(-c2[nH]c3c(F)cccc3c2C[C@@H]2C[C@H](F)CN2C(=O)[C@H](CC)NC(=O)[C@H](C)NC)[nH]c2cc(F)ccc12. The van der Waals surface area contributed by atoms with Gasteiger partial charge in [-0.05, 0) is 89.0 Å². The topological polar surface area (TPSA) is 154 Å². The van der Waals surface area contributed by atoms with Crippen LogP contribution < -0.4 is 21.3 Å². The molecule has 2 aliphatic rings. The summed E-state index contributed by atoms with van der Waals surface area (Å²) in [5, 5.41) is 12.4. The average Bonchev–Trinajstić information content (AvgIpc) is 3.97. The number of amides is 4. The number of aromatic nitrogens is 2. The normalized spacial score (nSPS) is 21.7. The number of likely N-dealkylation sites (tertiary alicyclic amines) is 2. The lowest BCUT2D eigenvalue weighted by atomic mass is 9.94. The smallest absolute Gasteiger partial charge is 0.245 e. The number of carbonyl (C=O) groups excluding carboxylic acids is 4. The molecule has 8 atom stereocenters. The highest BCUT2D eigenvalue weighted by molar-refractivity contribution is 5.97. The van der Waals surface area contributed by atoms with E-state index in [2.05, 4.69) is 31.2 Å². The van der Waals surface area contributed by atoms with Gasteiger partial charge in [-0.1, -0.05) is 26.0 Å². The van der Waals surface area contributed by atoms with Crippen LogP contribution in [0, 0.1) is 11.6 Å². The number of carbonyl (C=O) groups is 4. The van der Waals surface area contributed by atoms with E-state index >= 15 is 13.2 Å². The zero-order valence-corrected chi connectivity index (χ0v) is 33.8. The number of nitrogens with zero attached hydrogens (tertiary/aromatic N) is 2. The van der Waals surface area contributed by atoms with Crippen molar-refractivity contribution in [2.75, 3.05) is 27.2 Å². The molecule has 0 radical (unpaired) electrons. The lowest BCUT2D eigenvalue weighted by Crippen LogP contribution is -2.53. The molecule has 0 bridgehead atoms.